The highest BCUT2D eigenvalue weighted by atomic mass is 32.1. The van der Waals surface area contributed by atoms with Gasteiger partial charge in [0.1, 0.15) is 10.7 Å². The summed E-state index contributed by atoms with van der Waals surface area (Å²) in [6.07, 6.45) is 1.73. The molecule has 0 radical (unpaired) electrons. The number of thiophene rings is 2. The number of carbonyl (C=O) groups excluding carboxylic acids is 2. The molecule has 0 saturated heterocycles. The van der Waals surface area contributed by atoms with Crippen LogP contribution < -0.4 is 10.6 Å². The van der Waals surface area contributed by atoms with Crippen molar-refractivity contribution in [2.75, 3.05) is 10.6 Å². The first kappa shape index (κ1) is 17.7. The van der Waals surface area contributed by atoms with Crippen molar-refractivity contribution in [3.05, 3.63) is 64.1 Å². The third kappa shape index (κ3) is 4.16. The van der Waals surface area contributed by atoms with Crippen LogP contribution in [0.15, 0.2) is 57.8 Å². The number of amides is 2. The molecule has 6 nitrogen and oxygen atoms in total. The Morgan fingerprint density at radius 1 is 1.04 bits per heavy atom. The van der Waals surface area contributed by atoms with Gasteiger partial charge in [-0.15, -0.1) is 22.7 Å². The highest BCUT2D eigenvalue weighted by molar-refractivity contribution is 7.21. The van der Waals surface area contributed by atoms with Crippen molar-refractivity contribution in [3.63, 3.8) is 0 Å². The molecule has 0 fully saturated rings. The fourth-order valence-corrected chi connectivity index (χ4v) is 4.73. The molecule has 0 atom stereocenters. The number of anilines is 2. The van der Waals surface area contributed by atoms with E-state index < -0.39 is 0 Å². The number of rotatable bonds is 6. The SMILES string of the molecule is O=C(Cc1cccs1)Nc1nc(-c2cccs2)c(NC(=O)c2ccco2)s1. The van der Waals surface area contributed by atoms with Crippen molar-refractivity contribution in [3.8, 4) is 10.6 Å². The second-order valence-electron chi connectivity index (χ2n) is 5.41. The zero-order valence-corrected chi connectivity index (χ0v) is 16.2. The first-order chi connectivity index (χ1) is 13.2. The first-order valence-electron chi connectivity index (χ1n) is 7.91. The van der Waals surface area contributed by atoms with Gasteiger partial charge in [-0.2, -0.15) is 0 Å². The van der Waals surface area contributed by atoms with Crippen LogP contribution >= 0.6 is 34.0 Å². The molecule has 2 N–H and O–H groups in total. The summed E-state index contributed by atoms with van der Waals surface area (Å²) in [6, 6.07) is 10.9. The van der Waals surface area contributed by atoms with Gasteiger partial charge in [0.2, 0.25) is 5.91 Å². The molecule has 2 amide bonds. The Hall–Kier alpha value is -2.75. The van der Waals surface area contributed by atoms with E-state index in [0.717, 1.165) is 9.75 Å². The molecule has 0 aliphatic heterocycles. The van der Waals surface area contributed by atoms with Gasteiger partial charge >= 0.3 is 0 Å². The lowest BCUT2D eigenvalue weighted by Crippen LogP contribution is -2.13. The van der Waals surface area contributed by atoms with Crippen LogP contribution in [0.2, 0.25) is 0 Å². The van der Waals surface area contributed by atoms with Crippen molar-refractivity contribution >= 4 is 56.0 Å². The fraction of sp³-hybridized carbons (Fsp3) is 0.0556. The number of aromatic nitrogens is 1. The predicted molar refractivity (Wildman–Crippen MR) is 109 cm³/mol. The number of thiazole rings is 1. The molecule has 0 saturated carbocycles. The molecule has 4 rings (SSSR count). The molecule has 27 heavy (non-hydrogen) atoms. The maximum Gasteiger partial charge on any atom is 0.292 e. The van der Waals surface area contributed by atoms with Crippen LogP contribution in [0.25, 0.3) is 10.6 Å². The third-order valence-corrected chi connectivity index (χ3v) is 6.15. The van der Waals surface area contributed by atoms with Crippen molar-refractivity contribution in [2.24, 2.45) is 0 Å². The second kappa shape index (κ2) is 7.87. The number of nitrogens with one attached hydrogen (secondary N) is 2. The quantitative estimate of drug-likeness (QED) is 0.466. The van der Waals surface area contributed by atoms with Gasteiger partial charge in [-0.1, -0.05) is 23.5 Å². The minimum atomic E-state index is -0.363. The number of hydrogen-bond acceptors (Lipinski definition) is 7. The van der Waals surface area contributed by atoms with Crippen LogP contribution in [0.3, 0.4) is 0 Å². The monoisotopic (exact) mass is 415 g/mol. The van der Waals surface area contributed by atoms with E-state index in [9.17, 15) is 9.59 Å². The van der Waals surface area contributed by atoms with Crippen LogP contribution in [0, 0.1) is 0 Å². The van der Waals surface area contributed by atoms with Crippen LogP contribution in [-0.2, 0) is 11.2 Å². The van der Waals surface area contributed by atoms with E-state index in [1.165, 1.54) is 40.3 Å². The molecule has 4 aromatic heterocycles. The van der Waals surface area contributed by atoms with E-state index in [4.69, 9.17) is 4.42 Å². The number of nitrogens with zero attached hydrogens (tertiary/aromatic N) is 1. The van der Waals surface area contributed by atoms with Crippen LogP contribution in [-0.4, -0.2) is 16.8 Å². The molecule has 0 bridgehead atoms. The Morgan fingerprint density at radius 3 is 2.59 bits per heavy atom. The van der Waals surface area contributed by atoms with E-state index in [2.05, 4.69) is 15.6 Å². The van der Waals surface area contributed by atoms with Gasteiger partial charge in [0.25, 0.3) is 5.91 Å². The second-order valence-corrected chi connectivity index (χ2v) is 8.39. The zero-order valence-electron chi connectivity index (χ0n) is 13.8. The maximum absolute atomic E-state index is 12.3. The van der Waals surface area contributed by atoms with E-state index in [1.807, 2.05) is 35.0 Å². The summed E-state index contributed by atoms with van der Waals surface area (Å²) in [6.45, 7) is 0. The number of carbonyl (C=O) groups is 2. The predicted octanol–water partition coefficient (Wildman–Crippen LogP) is 4.96. The van der Waals surface area contributed by atoms with Crippen molar-refractivity contribution < 1.29 is 14.0 Å². The summed E-state index contributed by atoms with van der Waals surface area (Å²) >= 11 is 4.26. The Balaban J connectivity index is 1.56. The topological polar surface area (TPSA) is 84.2 Å². The number of hydrogen-bond donors (Lipinski definition) is 2. The van der Waals surface area contributed by atoms with E-state index in [-0.39, 0.29) is 17.6 Å². The standard InChI is InChI=1S/C18H13N3O3S3/c22-14(10-11-4-2-8-25-11)19-18-20-15(13-6-3-9-26-13)17(27-18)21-16(23)12-5-1-7-24-12/h1-9H,10H2,(H,21,23)(H,19,20,22). The van der Waals surface area contributed by atoms with Crippen LogP contribution in [0.1, 0.15) is 15.4 Å². The van der Waals surface area contributed by atoms with Crippen LogP contribution in [0.5, 0.6) is 0 Å². The summed E-state index contributed by atoms with van der Waals surface area (Å²) < 4.78 is 5.13. The average molecular weight is 416 g/mol. The van der Waals surface area contributed by atoms with E-state index >= 15 is 0 Å². The lowest BCUT2D eigenvalue weighted by molar-refractivity contribution is -0.115. The Labute approximate surface area is 166 Å². The average Bonchev–Trinajstić information content (AvgIpc) is 3.43. The summed E-state index contributed by atoms with van der Waals surface area (Å²) in [5, 5.41) is 10.5. The molecule has 4 heterocycles. The lowest BCUT2D eigenvalue weighted by Gasteiger charge is -2.01. The normalized spacial score (nSPS) is 10.7. The van der Waals surface area contributed by atoms with E-state index in [0.29, 0.717) is 22.2 Å². The van der Waals surface area contributed by atoms with Gasteiger partial charge in [-0.3, -0.25) is 9.59 Å². The summed E-state index contributed by atoms with van der Waals surface area (Å²) in [5.41, 5.74) is 0.626. The summed E-state index contributed by atoms with van der Waals surface area (Å²) in [7, 11) is 0. The maximum atomic E-state index is 12.3. The van der Waals surface area contributed by atoms with Crippen molar-refractivity contribution in [1.82, 2.24) is 4.98 Å². The summed E-state index contributed by atoms with van der Waals surface area (Å²) in [4.78, 5) is 31.0. The minimum Gasteiger partial charge on any atom is -0.459 e. The molecule has 0 aromatic carbocycles. The number of furan rings is 1. The van der Waals surface area contributed by atoms with E-state index in [1.54, 1.807) is 12.1 Å². The van der Waals surface area contributed by atoms with Crippen molar-refractivity contribution in [2.45, 2.75) is 6.42 Å². The Bertz CT molecular complexity index is 1040. The van der Waals surface area contributed by atoms with Crippen LogP contribution in [0.4, 0.5) is 10.1 Å². The molecule has 0 aliphatic rings. The Morgan fingerprint density at radius 2 is 1.89 bits per heavy atom. The molecule has 0 unspecified atom stereocenters. The highest BCUT2D eigenvalue weighted by Crippen LogP contribution is 2.38. The molecular formula is C18H13N3O3S3. The smallest absolute Gasteiger partial charge is 0.292 e. The molecule has 0 spiro atoms. The first-order valence-corrected chi connectivity index (χ1v) is 10.5. The summed E-state index contributed by atoms with van der Waals surface area (Å²) in [5.74, 6) is -0.297. The van der Waals surface area contributed by atoms with Gasteiger partial charge in [-0.25, -0.2) is 4.98 Å². The molecule has 136 valence electrons. The van der Waals surface area contributed by atoms with Gasteiger partial charge in [0.05, 0.1) is 17.6 Å². The van der Waals surface area contributed by atoms with Gasteiger partial charge in [0, 0.05) is 4.88 Å². The van der Waals surface area contributed by atoms with Crippen molar-refractivity contribution in [1.29, 1.82) is 0 Å². The van der Waals surface area contributed by atoms with Gasteiger partial charge in [-0.05, 0) is 35.0 Å². The molecule has 0 aliphatic carbocycles. The molecular weight excluding hydrogens is 402 g/mol. The van der Waals surface area contributed by atoms with Gasteiger partial charge in [0.15, 0.2) is 10.9 Å². The third-order valence-electron chi connectivity index (χ3n) is 3.52. The largest absolute Gasteiger partial charge is 0.459 e. The molecule has 9 heteroatoms. The lowest BCUT2D eigenvalue weighted by atomic mass is 10.3. The highest BCUT2D eigenvalue weighted by Gasteiger charge is 2.19. The fourth-order valence-electron chi connectivity index (χ4n) is 2.35. The Kier molecular flexibility index (Phi) is 5.14. The molecule has 4 aromatic rings. The zero-order chi connectivity index (χ0) is 18.6. The van der Waals surface area contributed by atoms with Gasteiger partial charge < -0.3 is 15.1 Å². The minimum absolute atomic E-state index is 0.146.